The molecule has 2 N–H and O–H groups in total. The Labute approximate surface area is 126 Å². The largest absolute Gasteiger partial charge is 0.316 e. The van der Waals surface area contributed by atoms with E-state index >= 15 is 0 Å². The third-order valence-electron chi connectivity index (χ3n) is 2.64. The highest BCUT2D eigenvalue weighted by Gasteiger charge is 2.21. The van der Waals surface area contributed by atoms with Gasteiger partial charge in [0.25, 0.3) is 5.69 Å². The Morgan fingerprint density at radius 2 is 2.00 bits per heavy atom. The average molecular weight is 366 g/mol. The van der Waals surface area contributed by atoms with E-state index in [1.54, 1.807) is 6.92 Å². The van der Waals surface area contributed by atoms with Crippen molar-refractivity contribution in [3.8, 4) is 0 Å². The molecule has 1 rings (SSSR count). The van der Waals surface area contributed by atoms with Crippen molar-refractivity contribution in [2.24, 2.45) is 0 Å². The Hall–Kier alpha value is -1.03. The number of sulfonamides is 1. The number of likely N-dealkylation sites (N-methyl/N-ethyl adjacent to an activating group) is 1. The van der Waals surface area contributed by atoms with Crippen LogP contribution in [-0.4, -0.2) is 33.0 Å². The van der Waals surface area contributed by atoms with Gasteiger partial charge < -0.3 is 5.32 Å². The summed E-state index contributed by atoms with van der Waals surface area (Å²) in [6, 6.07) is 2.42. The van der Waals surface area contributed by atoms with E-state index < -0.39 is 14.9 Å². The maximum Gasteiger partial charge on any atom is 0.274 e. The lowest BCUT2D eigenvalue weighted by Gasteiger charge is -2.09. The lowest BCUT2D eigenvalue weighted by atomic mass is 10.2. The van der Waals surface area contributed by atoms with Gasteiger partial charge in [0.05, 0.1) is 9.82 Å². The Morgan fingerprint density at radius 1 is 1.35 bits per heavy atom. The van der Waals surface area contributed by atoms with E-state index in [1.165, 1.54) is 6.07 Å². The second-order valence-corrected chi connectivity index (χ2v) is 6.68. The molecule has 0 saturated carbocycles. The van der Waals surface area contributed by atoms with E-state index in [1.807, 2.05) is 6.92 Å². The third kappa shape index (κ3) is 4.23. The van der Waals surface area contributed by atoms with E-state index in [9.17, 15) is 18.5 Å². The molecule has 1 aromatic rings. The number of hydrogen-bond donors (Lipinski definition) is 2. The fraction of sp³-hybridized carbons (Fsp3) is 0.455. The lowest BCUT2D eigenvalue weighted by molar-refractivity contribution is -0.385. The molecule has 20 heavy (non-hydrogen) atoms. The van der Waals surface area contributed by atoms with E-state index in [4.69, 9.17) is 0 Å². The van der Waals surface area contributed by atoms with Crippen molar-refractivity contribution in [2.75, 3.05) is 19.6 Å². The van der Waals surface area contributed by atoms with E-state index in [0.29, 0.717) is 16.6 Å². The van der Waals surface area contributed by atoms with Crippen LogP contribution in [0.25, 0.3) is 0 Å². The molecule has 0 fully saturated rings. The molecule has 0 aliphatic carbocycles. The summed E-state index contributed by atoms with van der Waals surface area (Å²) < 4.78 is 26.9. The number of hydrogen-bond acceptors (Lipinski definition) is 5. The van der Waals surface area contributed by atoms with Crippen molar-refractivity contribution in [3.63, 3.8) is 0 Å². The van der Waals surface area contributed by atoms with Crippen LogP contribution in [0.1, 0.15) is 12.5 Å². The molecule has 0 radical (unpaired) electrons. The number of rotatable bonds is 7. The quantitative estimate of drug-likeness (QED) is 0.433. The molecule has 0 saturated heterocycles. The van der Waals surface area contributed by atoms with Gasteiger partial charge in [0.1, 0.15) is 0 Å². The third-order valence-corrected chi connectivity index (χ3v) is 4.91. The summed E-state index contributed by atoms with van der Waals surface area (Å²) in [5, 5.41) is 13.9. The van der Waals surface area contributed by atoms with Crippen molar-refractivity contribution >= 4 is 31.6 Å². The van der Waals surface area contributed by atoms with Gasteiger partial charge in [-0.05, 0) is 19.5 Å². The number of benzene rings is 1. The fourth-order valence-electron chi connectivity index (χ4n) is 1.52. The summed E-state index contributed by atoms with van der Waals surface area (Å²) in [4.78, 5) is 10.2. The molecule has 7 nitrogen and oxygen atoms in total. The topological polar surface area (TPSA) is 101 Å². The van der Waals surface area contributed by atoms with Gasteiger partial charge in [0.2, 0.25) is 10.0 Å². The molecule has 0 unspecified atom stereocenters. The van der Waals surface area contributed by atoms with Crippen LogP contribution in [0.5, 0.6) is 0 Å². The van der Waals surface area contributed by atoms with Crippen LogP contribution in [-0.2, 0) is 10.0 Å². The highest BCUT2D eigenvalue weighted by molar-refractivity contribution is 9.10. The first-order chi connectivity index (χ1) is 9.29. The minimum absolute atomic E-state index is 0.127. The maximum atomic E-state index is 12.1. The minimum atomic E-state index is -3.76. The summed E-state index contributed by atoms with van der Waals surface area (Å²) in [6.45, 7) is 4.91. The average Bonchev–Trinajstić information content (AvgIpc) is 2.37. The lowest BCUT2D eigenvalue weighted by Crippen LogP contribution is -2.31. The molecule has 0 aliphatic heterocycles. The van der Waals surface area contributed by atoms with Crippen molar-refractivity contribution in [3.05, 3.63) is 32.3 Å². The van der Waals surface area contributed by atoms with Gasteiger partial charge >= 0.3 is 0 Å². The Kier molecular flexibility index (Phi) is 6.06. The number of nitro benzene ring substituents is 1. The minimum Gasteiger partial charge on any atom is -0.316 e. The second kappa shape index (κ2) is 7.11. The number of nitrogens with one attached hydrogen (secondary N) is 2. The summed E-state index contributed by atoms with van der Waals surface area (Å²) in [5.41, 5.74) is 0.160. The van der Waals surface area contributed by atoms with Gasteiger partial charge in [0.15, 0.2) is 0 Å². The highest BCUT2D eigenvalue weighted by atomic mass is 79.9. The van der Waals surface area contributed by atoms with E-state index in [2.05, 4.69) is 26.0 Å². The molecule has 0 bridgehead atoms. The van der Waals surface area contributed by atoms with E-state index in [0.717, 1.165) is 12.6 Å². The van der Waals surface area contributed by atoms with Crippen molar-refractivity contribution in [1.82, 2.24) is 10.0 Å². The summed E-state index contributed by atoms with van der Waals surface area (Å²) in [5.74, 6) is 0. The molecule has 0 atom stereocenters. The van der Waals surface area contributed by atoms with Crippen molar-refractivity contribution < 1.29 is 13.3 Å². The first-order valence-electron chi connectivity index (χ1n) is 5.94. The predicted molar refractivity (Wildman–Crippen MR) is 79.3 cm³/mol. The summed E-state index contributed by atoms with van der Waals surface area (Å²) >= 11 is 3.14. The zero-order valence-electron chi connectivity index (χ0n) is 11.1. The monoisotopic (exact) mass is 365 g/mol. The molecule has 0 amide bonds. The normalized spacial score (nSPS) is 11.6. The Morgan fingerprint density at radius 3 is 2.55 bits per heavy atom. The molecule has 0 aromatic heterocycles. The molecule has 0 spiro atoms. The van der Waals surface area contributed by atoms with Gasteiger partial charge in [0, 0.05) is 29.2 Å². The number of halogens is 1. The van der Waals surface area contributed by atoms with E-state index in [-0.39, 0.29) is 17.1 Å². The molecular formula is C11H16BrN3O4S. The smallest absolute Gasteiger partial charge is 0.274 e. The van der Waals surface area contributed by atoms with Crippen molar-refractivity contribution in [1.29, 1.82) is 0 Å². The van der Waals surface area contributed by atoms with Crippen molar-refractivity contribution in [2.45, 2.75) is 18.7 Å². The van der Waals surface area contributed by atoms with Crippen LogP contribution in [0.4, 0.5) is 5.69 Å². The summed E-state index contributed by atoms with van der Waals surface area (Å²) in [7, 11) is -3.76. The Balaban J connectivity index is 3.04. The van der Waals surface area contributed by atoms with Crippen LogP contribution in [0.2, 0.25) is 0 Å². The van der Waals surface area contributed by atoms with Crippen LogP contribution < -0.4 is 10.0 Å². The van der Waals surface area contributed by atoms with Gasteiger partial charge in [-0.25, -0.2) is 13.1 Å². The zero-order valence-corrected chi connectivity index (χ0v) is 13.5. The first kappa shape index (κ1) is 17.0. The molecule has 1 aromatic carbocycles. The van der Waals surface area contributed by atoms with Gasteiger partial charge in [-0.1, -0.05) is 22.9 Å². The number of nitrogens with zero attached hydrogens (tertiary/aromatic N) is 1. The van der Waals surface area contributed by atoms with Crippen LogP contribution in [0.3, 0.4) is 0 Å². The summed E-state index contributed by atoms with van der Waals surface area (Å²) in [6.07, 6.45) is 0. The molecule has 0 aliphatic rings. The SMILES string of the molecule is CCNCCNS(=O)(=O)c1cc(Br)c(C)c([N+](=O)[O-])c1. The highest BCUT2D eigenvalue weighted by Crippen LogP contribution is 2.29. The molecule has 0 heterocycles. The van der Waals surface area contributed by atoms with Crippen LogP contribution in [0.15, 0.2) is 21.5 Å². The molecule has 112 valence electrons. The van der Waals surface area contributed by atoms with Crippen LogP contribution >= 0.6 is 15.9 Å². The second-order valence-electron chi connectivity index (χ2n) is 4.06. The first-order valence-corrected chi connectivity index (χ1v) is 8.22. The van der Waals surface area contributed by atoms with Gasteiger partial charge in [-0.15, -0.1) is 0 Å². The maximum absolute atomic E-state index is 12.1. The number of nitro groups is 1. The molecular weight excluding hydrogens is 350 g/mol. The fourth-order valence-corrected chi connectivity index (χ4v) is 3.20. The standard InChI is InChI=1S/C11H16BrN3O4S/c1-3-13-4-5-14-20(18,19)9-6-10(12)8(2)11(7-9)15(16)17/h6-7,13-14H,3-5H2,1-2H3. The molecule has 9 heteroatoms. The van der Waals surface area contributed by atoms with Gasteiger partial charge in [-0.2, -0.15) is 0 Å². The Bertz CT molecular complexity index is 604. The van der Waals surface area contributed by atoms with Gasteiger partial charge in [-0.3, -0.25) is 10.1 Å². The van der Waals surface area contributed by atoms with Crippen LogP contribution in [0, 0.1) is 17.0 Å². The predicted octanol–water partition coefficient (Wildman–Crippen LogP) is 1.55. The zero-order chi connectivity index (χ0) is 15.3.